The van der Waals surface area contributed by atoms with Crippen LogP contribution in [0.1, 0.15) is 29.6 Å². The number of carbonyl (C=O) groups excluding carboxylic acids is 1. The number of halogens is 1. The van der Waals surface area contributed by atoms with Crippen molar-refractivity contribution in [3.8, 4) is 0 Å². The molecule has 2 atom stereocenters. The fourth-order valence-corrected chi connectivity index (χ4v) is 4.87. The SMILES string of the molecule is Cn1cc2c(N3CCC(NC4CC4O)CC3)ccc(C(=O)Nc3cc(F)c4nccn4c3)c2n1. The highest BCUT2D eigenvalue weighted by Gasteiger charge is 2.37. The van der Waals surface area contributed by atoms with E-state index in [1.807, 2.05) is 19.3 Å². The predicted molar refractivity (Wildman–Crippen MR) is 127 cm³/mol. The van der Waals surface area contributed by atoms with Crippen molar-refractivity contribution in [2.75, 3.05) is 23.3 Å². The summed E-state index contributed by atoms with van der Waals surface area (Å²) in [5.74, 6) is -0.852. The van der Waals surface area contributed by atoms with Crippen molar-refractivity contribution in [2.24, 2.45) is 7.05 Å². The number of hydrogen-bond donors (Lipinski definition) is 3. The average molecular weight is 464 g/mol. The number of hydrogen-bond acceptors (Lipinski definition) is 6. The Labute approximate surface area is 195 Å². The summed E-state index contributed by atoms with van der Waals surface area (Å²) in [6.45, 7) is 1.78. The standard InChI is InChI=1S/C24H26FN7O2/c1-30-13-17-20(31-7-4-14(5-8-31)27-19-11-21(19)33)3-2-16(22(17)29-30)24(34)28-15-10-18(25)23-26-6-9-32(23)12-15/h2-3,6,9-10,12-14,19,21,27,33H,4-5,7-8,11H2,1H3,(H,28,34). The Bertz CT molecular complexity index is 1390. The third-order valence-corrected chi connectivity index (χ3v) is 6.76. The lowest BCUT2D eigenvalue weighted by molar-refractivity contribution is 0.102. The molecule has 0 radical (unpaired) electrons. The number of aliphatic hydroxyl groups excluding tert-OH is 1. The monoisotopic (exact) mass is 463 g/mol. The van der Waals surface area contributed by atoms with Crippen molar-refractivity contribution in [2.45, 2.75) is 37.5 Å². The van der Waals surface area contributed by atoms with Gasteiger partial charge in [-0.2, -0.15) is 5.10 Å². The minimum absolute atomic E-state index is 0.190. The van der Waals surface area contributed by atoms with E-state index in [4.69, 9.17) is 0 Å². The molecule has 34 heavy (non-hydrogen) atoms. The molecule has 4 heterocycles. The van der Waals surface area contributed by atoms with Crippen LogP contribution in [0.15, 0.2) is 43.0 Å². The molecule has 0 spiro atoms. The maximum atomic E-state index is 14.3. The largest absolute Gasteiger partial charge is 0.391 e. The number of carbonyl (C=O) groups is 1. The predicted octanol–water partition coefficient (Wildman–Crippen LogP) is 2.30. The van der Waals surface area contributed by atoms with Gasteiger partial charge in [0, 0.05) is 74.1 Å². The summed E-state index contributed by atoms with van der Waals surface area (Å²) in [7, 11) is 1.84. The molecule has 3 aromatic heterocycles. The Morgan fingerprint density at radius 2 is 2.03 bits per heavy atom. The maximum Gasteiger partial charge on any atom is 0.257 e. The second kappa shape index (κ2) is 8.07. The number of amides is 1. The number of fused-ring (bicyclic) bond motifs is 2. The van der Waals surface area contributed by atoms with E-state index < -0.39 is 5.82 Å². The molecule has 1 saturated carbocycles. The van der Waals surface area contributed by atoms with Gasteiger partial charge < -0.3 is 25.0 Å². The van der Waals surface area contributed by atoms with Gasteiger partial charge in [-0.3, -0.25) is 9.48 Å². The Morgan fingerprint density at radius 3 is 2.79 bits per heavy atom. The average Bonchev–Trinajstić information content (AvgIpc) is 3.17. The van der Waals surface area contributed by atoms with Crippen molar-refractivity contribution in [1.29, 1.82) is 0 Å². The van der Waals surface area contributed by atoms with E-state index in [0.29, 0.717) is 22.8 Å². The smallest absolute Gasteiger partial charge is 0.257 e. The van der Waals surface area contributed by atoms with Crippen molar-refractivity contribution in [3.63, 3.8) is 0 Å². The number of pyridine rings is 1. The van der Waals surface area contributed by atoms with Crippen LogP contribution in [0.2, 0.25) is 0 Å². The number of imidazole rings is 1. The number of benzene rings is 1. The number of nitrogens with one attached hydrogen (secondary N) is 2. The zero-order chi connectivity index (χ0) is 23.4. The van der Waals surface area contributed by atoms with Crippen molar-refractivity contribution in [1.82, 2.24) is 24.5 Å². The fraction of sp³-hybridized carbons (Fsp3) is 0.375. The highest BCUT2D eigenvalue weighted by molar-refractivity contribution is 6.13. The van der Waals surface area contributed by atoms with Gasteiger partial charge in [0.2, 0.25) is 0 Å². The molecule has 10 heteroatoms. The minimum Gasteiger partial charge on any atom is -0.391 e. The molecule has 2 fully saturated rings. The first-order chi connectivity index (χ1) is 16.5. The van der Waals surface area contributed by atoms with Gasteiger partial charge in [-0.1, -0.05) is 0 Å². The summed E-state index contributed by atoms with van der Waals surface area (Å²) in [6.07, 6.45) is 9.36. The minimum atomic E-state index is -0.504. The van der Waals surface area contributed by atoms with Crippen LogP contribution < -0.4 is 15.5 Å². The van der Waals surface area contributed by atoms with Gasteiger partial charge in [0.25, 0.3) is 5.91 Å². The number of aromatic nitrogens is 4. The van der Waals surface area contributed by atoms with Gasteiger partial charge in [0.15, 0.2) is 11.5 Å². The van der Waals surface area contributed by atoms with E-state index in [0.717, 1.165) is 43.4 Å². The molecular weight excluding hydrogens is 437 g/mol. The van der Waals surface area contributed by atoms with Crippen LogP contribution in [0, 0.1) is 5.82 Å². The van der Waals surface area contributed by atoms with E-state index in [2.05, 4.69) is 25.6 Å². The summed E-state index contributed by atoms with van der Waals surface area (Å²) in [5, 5.41) is 21.4. The summed E-state index contributed by atoms with van der Waals surface area (Å²) in [4.78, 5) is 19.4. The van der Waals surface area contributed by atoms with Crippen LogP contribution in [0.5, 0.6) is 0 Å². The number of nitrogens with zero attached hydrogens (tertiary/aromatic N) is 5. The molecule has 1 aliphatic heterocycles. The number of rotatable bonds is 5. The van der Waals surface area contributed by atoms with Crippen molar-refractivity contribution >= 4 is 33.8 Å². The summed E-state index contributed by atoms with van der Waals surface area (Å²) in [5.41, 5.74) is 2.65. The zero-order valence-electron chi connectivity index (χ0n) is 18.8. The third kappa shape index (κ3) is 3.78. The van der Waals surface area contributed by atoms with Crippen molar-refractivity contribution in [3.05, 3.63) is 54.4 Å². The lowest BCUT2D eigenvalue weighted by atomic mass is 10.0. The van der Waals surface area contributed by atoms with Gasteiger partial charge >= 0.3 is 0 Å². The normalized spacial score (nSPS) is 20.9. The number of aryl methyl sites for hydroxylation is 1. The third-order valence-electron chi connectivity index (χ3n) is 6.76. The number of aliphatic hydroxyl groups is 1. The maximum absolute atomic E-state index is 14.3. The van der Waals surface area contributed by atoms with E-state index in [-0.39, 0.29) is 23.7 Å². The lowest BCUT2D eigenvalue weighted by Gasteiger charge is -2.34. The van der Waals surface area contributed by atoms with Crippen LogP contribution >= 0.6 is 0 Å². The molecule has 3 N–H and O–H groups in total. The molecule has 1 aliphatic carbocycles. The molecule has 0 bridgehead atoms. The Morgan fingerprint density at radius 1 is 1.24 bits per heavy atom. The molecule has 9 nitrogen and oxygen atoms in total. The van der Waals surface area contributed by atoms with E-state index >= 15 is 0 Å². The highest BCUT2D eigenvalue weighted by Crippen LogP contribution is 2.32. The first-order valence-corrected chi connectivity index (χ1v) is 11.6. The molecule has 1 saturated heterocycles. The fourth-order valence-electron chi connectivity index (χ4n) is 4.87. The van der Waals surface area contributed by atoms with Gasteiger partial charge in [-0.05, 0) is 31.4 Å². The summed E-state index contributed by atoms with van der Waals surface area (Å²) < 4.78 is 17.5. The summed E-state index contributed by atoms with van der Waals surface area (Å²) in [6, 6.07) is 5.69. The summed E-state index contributed by atoms with van der Waals surface area (Å²) >= 11 is 0. The second-order valence-electron chi connectivity index (χ2n) is 9.22. The lowest BCUT2D eigenvalue weighted by Crippen LogP contribution is -2.44. The van der Waals surface area contributed by atoms with E-state index in [1.54, 1.807) is 23.1 Å². The van der Waals surface area contributed by atoms with Gasteiger partial charge in [-0.25, -0.2) is 9.37 Å². The first kappa shape index (κ1) is 21.1. The van der Waals surface area contributed by atoms with Crippen molar-refractivity contribution < 1.29 is 14.3 Å². The molecule has 4 aromatic rings. The van der Waals surface area contributed by atoms with E-state index in [9.17, 15) is 14.3 Å². The Hall–Kier alpha value is -3.50. The van der Waals surface area contributed by atoms with Gasteiger partial charge in [-0.15, -0.1) is 0 Å². The highest BCUT2D eigenvalue weighted by atomic mass is 19.1. The van der Waals surface area contributed by atoms with Crippen LogP contribution in [-0.4, -0.2) is 61.5 Å². The molecular formula is C24H26FN7O2. The molecule has 2 aliphatic rings. The molecule has 6 rings (SSSR count). The van der Waals surface area contributed by atoms with Crippen LogP contribution in [-0.2, 0) is 7.05 Å². The van der Waals surface area contributed by atoms with Gasteiger partial charge in [0.1, 0.15) is 5.52 Å². The van der Waals surface area contributed by atoms with E-state index in [1.165, 1.54) is 16.7 Å². The number of anilines is 2. The van der Waals surface area contributed by atoms with Crippen LogP contribution in [0.4, 0.5) is 15.8 Å². The molecule has 2 unspecified atom stereocenters. The quantitative estimate of drug-likeness (QED) is 0.420. The first-order valence-electron chi connectivity index (χ1n) is 11.6. The van der Waals surface area contributed by atoms with Gasteiger partial charge in [0.05, 0.1) is 17.4 Å². The number of piperidine rings is 1. The van der Waals surface area contributed by atoms with Crippen LogP contribution in [0.25, 0.3) is 16.6 Å². The Balaban J connectivity index is 1.24. The molecule has 1 aromatic carbocycles. The molecule has 176 valence electrons. The zero-order valence-corrected chi connectivity index (χ0v) is 18.8. The van der Waals surface area contributed by atoms with Crippen LogP contribution in [0.3, 0.4) is 0 Å². The topological polar surface area (TPSA) is 99.7 Å². The molecule has 1 amide bonds. The Kier molecular flexibility index (Phi) is 5.00. The second-order valence-corrected chi connectivity index (χ2v) is 9.22.